The van der Waals surface area contributed by atoms with Crippen LogP contribution >= 0.6 is 0 Å². The lowest BCUT2D eigenvalue weighted by atomic mass is 10.1. The summed E-state index contributed by atoms with van der Waals surface area (Å²) in [4.78, 5) is 14.3. The zero-order valence-corrected chi connectivity index (χ0v) is 10.5. The van der Waals surface area contributed by atoms with Crippen molar-refractivity contribution in [1.29, 1.82) is 5.26 Å². The van der Waals surface area contributed by atoms with Crippen molar-refractivity contribution in [1.82, 2.24) is 4.98 Å². The quantitative estimate of drug-likeness (QED) is 0.899. The molecule has 0 saturated carbocycles. The van der Waals surface area contributed by atoms with E-state index < -0.39 is 11.4 Å². The van der Waals surface area contributed by atoms with E-state index in [1.807, 2.05) is 6.07 Å². The van der Waals surface area contributed by atoms with E-state index in [1.54, 1.807) is 13.0 Å². The van der Waals surface area contributed by atoms with Crippen molar-refractivity contribution in [2.75, 3.05) is 7.11 Å². The van der Waals surface area contributed by atoms with Crippen LogP contribution in [0, 0.1) is 24.1 Å². The molecule has 0 radical (unpaired) electrons. The molecule has 0 saturated heterocycles. The lowest BCUT2D eigenvalue weighted by Crippen LogP contribution is -2.13. The highest BCUT2D eigenvalue weighted by atomic mass is 19.1. The van der Waals surface area contributed by atoms with Crippen molar-refractivity contribution in [2.45, 2.75) is 6.92 Å². The number of aromatic amines is 1. The van der Waals surface area contributed by atoms with Crippen LogP contribution in [-0.2, 0) is 0 Å². The van der Waals surface area contributed by atoms with Gasteiger partial charge in [0, 0.05) is 5.56 Å². The van der Waals surface area contributed by atoms with Crippen molar-refractivity contribution in [3.63, 3.8) is 0 Å². The predicted octanol–water partition coefficient (Wildman–Crippen LogP) is 2.37. The minimum atomic E-state index is -0.496. The monoisotopic (exact) mass is 258 g/mol. The Labute approximate surface area is 109 Å². The predicted molar refractivity (Wildman–Crippen MR) is 68.5 cm³/mol. The number of halogens is 1. The van der Waals surface area contributed by atoms with Crippen LogP contribution in [0.2, 0.25) is 0 Å². The van der Waals surface area contributed by atoms with E-state index in [1.165, 1.54) is 25.3 Å². The van der Waals surface area contributed by atoms with Crippen molar-refractivity contribution < 1.29 is 9.13 Å². The first kappa shape index (κ1) is 12.8. The molecular formula is C14H11FN2O2. The molecule has 0 bridgehead atoms. The molecule has 0 unspecified atom stereocenters. The summed E-state index contributed by atoms with van der Waals surface area (Å²) >= 11 is 0. The zero-order chi connectivity index (χ0) is 14.0. The molecule has 0 aliphatic rings. The fourth-order valence-corrected chi connectivity index (χ4v) is 1.86. The summed E-state index contributed by atoms with van der Waals surface area (Å²) in [5, 5.41) is 8.85. The fourth-order valence-electron chi connectivity index (χ4n) is 1.86. The number of nitrogens with zero attached hydrogens (tertiary/aromatic N) is 1. The summed E-state index contributed by atoms with van der Waals surface area (Å²) in [5.74, 6) is 0.0137. The summed E-state index contributed by atoms with van der Waals surface area (Å²) in [6.07, 6.45) is 0. The van der Waals surface area contributed by atoms with E-state index in [9.17, 15) is 9.18 Å². The van der Waals surface area contributed by atoms with E-state index in [-0.39, 0.29) is 5.56 Å². The smallest absolute Gasteiger partial charge is 0.266 e. The molecule has 2 aromatic rings. The molecule has 1 aromatic carbocycles. The molecule has 0 aliphatic heterocycles. The summed E-state index contributed by atoms with van der Waals surface area (Å²) in [6.45, 7) is 1.66. The molecule has 1 heterocycles. The Kier molecular flexibility index (Phi) is 3.34. The molecule has 0 amide bonds. The third-order valence-corrected chi connectivity index (χ3v) is 2.79. The van der Waals surface area contributed by atoms with Gasteiger partial charge < -0.3 is 9.72 Å². The number of benzene rings is 1. The topological polar surface area (TPSA) is 65.9 Å². The summed E-state index contributed by atoms with van der Waals surface area (Å²) in [5.41, 5.74) is 0.945. The molecular weight excluding hydrogens is 247 g/mol. The van der Waals surface area contributed by atoms with Gasteiger partial charge in [-0.15, -0.1) is 0 Å². The Morgan fingerprint density at radius 1 is 1.37 bits per heavy atom. The maximum atomic E-state index is 13.3. The van der Waals surface area contributed by atoms with Gasteiger partial charge in [-0.1, -0.05) is 0 Å². The second-order valence-corrected chi connectivity index (χ2v) is 4.03. The highest BCUT2D eigenvalue weighted by Gasteiger charge is 2.11. The van der Waals surface area contributed by atoms with Crippen LogP contribution in [0.4, 0.5) is 4.39 Å². The lowest BCUT2D eigenvalue weighted by molar-refractivity contribution is 0.415. The molecule has 19 heavy (non-hydrogen) atoms. The van der Waals surface area contributed by atoms with Crippen LogP contribution in [0.1, 0.15) is 11.1 Å². The average Bonchev–Trinajstić information content (AvgIpc) is 2.38. The number of aryl methyl sites for hydroxylation is 1. The number of methoxy groups -OCH3 is 1. The number of hydrogen-bond donors (Lipinski definition) is 1. The number of nitriles is 1. The minimum absolute atomic E-state index is 0.0547. The van der Waals surface area contributed by atoms with Gasteiger partial charge in [-0.2, -0.15) is 5.26 Å². The summed E-state index contributed by atoms with van der Waals surface area (Å²) in [6, 6.07) is 7.49. The van der Waals surface area contributed by atoms with E-state index >= 15 is 0 Å². The van der Waals surface area contributed by atoms with E-state index in [0.29, 0.717) is 22.6 Å². The lowest BCUT2D eigenvalue weighted by Gasteiger charge is -2.09. The molecule has 0 spiro atoms. The second-order valence-electron chi connectivity index (χ2n) is 4.03. The third kappa shape index (κ3) is 2.33. The molecule has 4 nitrogen and oxygen atoms in total. The Bertz CT molecular complexity index is 729. The van der Waals surface area contributed by atoms with Gasteiger partial charge in [-0.25, -0.2) is 4.39 Å². The number of H-pyrrole nitrogens is 1. The molecule has 5 heteroatoms. The van der Waals surface area contributed by atoms with Gasteiger partial charge >= 0.3 is 0 Å². The zero-order valence-electron chi connectivity index (χ0n) is 10.5. The van der Waals surface area contributed by atoms with Gasteiger partial charge in [0.1, 0.15) is 23.2 Å². The molecule has 2 rings (SSSR count). The molecule has 0 fully saturated rings. The van der Waals surface area contributed by atoms with Gasteiger partial charge in [0.25, 0.3) is 5.56 Å². The first-order valence-electron chi connectivity index (χ1n) is 5.54. The fraction of sp³-hybridized carbons (Fsp3) is 0.143. The average molecular weight is 258 g/mol. The van der Waals surface area contributed by atoms with E-state index in [2.05, 4.69) is 4.98 Å². The first-order chi connectivity index (χ1) is 9.06. The van der Waals surface area contributed by atoms with Crippen LogP contribution < -0.4 is 10.3 Å². The van der Waals surface area contributed by atoms with Crippen LogP contribution in [0.5, 0.6) is 5.75 Å². The highest BCUT2D eigenvalue weighted by molar-refractivity contribution is 5.68. The van der Waals surface area contributed by atoms with Crippen molar-refractivity contribution in [3.05, 3.63) is 51.6 Å². The Balaban J connectivity index is 2.70. The van der Waals surface area contributed by atoms with Crippen LogP contribution in [0.15, 0.2) is 29.1 Å². The molecule has 0 atom stereocenters. The Hall–Kier alpha value is -2.61. The van der Waals surface area contributed by atoms with E-state index in [4.69, 9.17) is 10.00 Å². The van der Waals surface area contributed by atoms with Gasteiger partial charge in [-0.3, -0.25) is 4.79 Å². The van der Waals surface area contributed by atoms with Gasteiger partial charge in [0.2, 0.25) is 0 Å². The normalized spacial score (nSPS) is 10.0. The van der Waals surface area contributed by atoms with Crippen LogP contribution in [0.25, 0.3) is 11.3 Å². The second kappa shape index (κ2) is 4.94. The maximum absolute atomic E-state index is 13.3. The molecule has 0 aliphatic carbocycles. The SMILES string of the molecule is COc1ccc(F)cc1-c1cc(C)c(C#N)c(=O)[nH]1. The van der Waals surface area contributed by atoms with E-state index in [0.717, 1.165) is 0 Å². The highest BCUT2D eigenvalue weighted by Crippen LogP contribution is 2.29. The Morgan fingerprint density at radius 2 is 2.11 bits per heavy atom. The molecule has 96 valence electrons. The number of pyridine rings is 1. The molecule has 1 aromatic heterocycles. The number of ether oxygens (including phenoxy) is 1. The number of aromatic nitrogens is 1. The van der Waals surface area contributed by atoms with Crippen molar-refractivity contribution in [3.8, 4) is 23.1 Å². The van der Waals surface area contributed by atoms with Crippen LogP contribution in [-0.4, -0.2) is 12.1 Å². The Morgan fingerprint density at radius 3 is 2.68 bits per heavy atom. The summed E-state index contributed by atoms with van der Waals surface area (Å²) in [7, 11) is 1.46. The van der Waals surface area contributed by atoms with Gasteiger partial charge in [-0.05, 0) is 36.8 Å². The number of rotatable bonds is 2. The van der Waals surface area contributed by atoms with Crippen LogP contribution in [0.3, 0.4) is 0 Å². The van der Waals surface area contributed by atoms with Gasteiger partial charge in [0.05, 0.1) is 12.8 Å². The van der Waals surface area contributed by atoms with Crippen molar-refractivity contribution >= 4 is 0 Å². The van der Waals surface area contributed by atoms with Crippen molar-refractivity contribution in [2.24, 2.45) is 0 Å². The number of hydrogen-bond acceptors (Lipinski definition) is 3. The standard InChI is InChI=1S/C14H11FN2O2/c1-8-5-12(17-14(18)11(8)7-16)10-6-9(15)3-4-13(10)19-2/h3-6H,1-2H3,(H,17,18). The maximum Gasteiger partial charge on any atom is 0.266 e. The third-order valence-electron chi connectivity index (χ3n) is 2.79. The summed E-state index contributed by atoms with van der Waals surface area (Å²) < 4.78 is 18.5. The van der Waals surface area contributed by atoms with Gasteiger partial charge in [0.15, 0.2) is 0 Å². The first-order valence-corrected chi connectivity index (χ1v) is 5.54. The largest absolute Gasteiger partial charge is 0.496 e. The minimum Gasteiger partial charge on any atom is -0.496 e. The molecule has 1 N–H and O–H groups in total. The number of nitrogens with one attached hydrogen (secondary N) is 1.